The summed E-state index contributed by atoms with van der Waals surface area (Å²) < 4.78 is 10.7. The SMILES string of the molecule is COc1cc(OC)c(NC2CCCC(C)(C)C2)cc1Cl. The van der Waals surface area contributed by atoms with Gasteiger partial charge >= 0.3 is 0 Å². The minimum Gasteiger partial charge on any atom is -0.495 e. The van der Waals surface area contributed by atoms with E-state index in [-0.39, 0.29) is 0 Å². The topological polar surface area (TPSA) is 30.5 Å². The third-order valence-corrected chi connectivity index (χ3v) is 4.33. The van der Waals surface area contributed by atoms with Crippen LogP contribution in [-0.2, 0) is 0 Å². The van der Waals surface area contributed by atoms with Gasteiger partial charge in [0, 0.05) is 12.1 Å². The monoisotopic (exact) mass is 297 g/mol. The summed E-state index contributed by atoms with van der Waals surface area (Å²) >= 11 is 6.21. The van der Waals surface area contributed by atoms with Crippen LogP contribution in [-0.4, -0.2) is 20.3 Å². The number of ether oxygens (including phenoxy) is 2. The molecule has 1 N–H and O–H groups in total. The first kappa shape index (κ1) is 15.3. The maximum Gasteiger partial charge on any atom is 0.145 e. The average Bonchev–Trinajstić information content (AvgIpc) is 2.38. The molecule has 0 aromatic heterocycles. The van der Waals surface area contributed by atoms with Crippen molar-refractivity contribution in [2.45, 2.75) is 45.6 Å². The van der Waals surface area contributed by atoms with E-state index in [4.69, 9.17) is 21.1 Å². The fourth-order valence-electron chi connectivity index (χ4n) is 3.01. The fourth-order valence-corrected chi connectivity index (χ4v) is 3.25. The van der Waals surface area contributed by atoms with E-state index in [2.05, 4.69) is 19.2 Å². The normalized spacial score (nSPS) is 21.4. The molecule has 1 aliphatic rings. The summed E-state index contributed by atoms with van der Waals surface area (Å²) in [5, 5.41) is 4.19. The van der Waals surface area contributed by atoms with Crippen molar-refractivity contribution < 1.29 is 9.47 Å². The van der Waals surface area contributed by atoms with Gasteiger partial charge in [-0.05, 0) is 30.7 Å². The second-order valence-electron chi connectivity index (χ2n) is 6.29. The van der Waals surface area contributed by atoms with Crippen molar-refractivity contribution in [3.8, 4) is 11.5 Å². The van der Waals surface area contributed by atoms with Gasteiger partial charge in [0.1, 0.15) is 11.5 Å². The van der Waals surface area contributed by atoms with Crippen LogP contribution >= 0.6 is 11.6 Å². The molecule has 0 heterocycles. The molecule has 4 heteroatoms. The number of anilines is 1. The first-order valence-corrected chi connectivity index (χ1v) is 7.51. The molecule has 1 aromatic carbocycles. The molecule has 1 aromatic rings. The second kappa shape index (κ2) is 6.13. The predicted octanol–water partition coefficient (Wildman–Crippen LogP) is 4.74. The summed E-state index contributed by atoms with van der Waals surface area (Å²) in [6.07, 6.45) is 4.92. The zero-order valence-electron chi connectivity index (χ0n) is 12.8. The largest absolute Gasteiger partial charge is 0.495 e. The van der Waals surface area contributed by atoms with Gasteiger partial charge in [0.25, 0.3) is 0 Å². The summed E-state index contributed by atoms with van der Waals surface area (Å²) in [6.45, 7) is 4.66. The molecule has 0 saturated heterocycles. The lowest BCUT2D eigenvalue weighted by Crippen LogP contribution is -2.31. The van der Waals surface area contributed by atoms with E-state index in [1.165, 1.54) is 25.7 Å². The molecule has 1 saturated carbocycles. The summed E-state index contributed by atoms with van der Waals surface area (Å²) in [6, 6.07) is 4.19. The Morgan fingerprint density at radius 1 is 1.20 bits per heavy atom. The van der Waals surface area contributed by atoms with Gasteiger partial charge in [-0.1, -0.05) is 31.9 Å². The Bertz CT molecular complexity index is 474. The number of nitrogens with one attached hydrogen (secondary N) is 1. The van der Waals surface area contributed by atoms with E-state index in [0.717, 1.165) is 11.4 Å². The third-order valence-electron chi connectivity index (χ3n) is 4.04. The van der Waals surface area contributed by atoms with Gasteiger partial charge < -0.3 is 14.8 Å². The highest BCUT2D eigenvalue weighted by Gasteiger charge is 2.28. The lowest BCUT2D eigenvalue weighted by molar-refractivity contribution is 0.229. The van der Waals surface area contributed by atoms with Gasteiger partial charge in [-0.15, -0.1) is 0 Å². The molecule has 20 heavy (non-hydrogen) atoms. The maximum absolute atomic E-state index is 6.21. The summed E-state index contributed by atoms with van der Waals surface area (Å²) in [7, 11) is 3.27. The molecule has 0 bridgehead atoms. The number of benzene rings is 1. The third kappa shape index (κ3) is 3.51. The Morgan fingerprint density at radius 3 is 2.50 bits per heavy atom. The Hall–Kier alpha value is -1.09. The maximum atomic E-state index is 6.21. The lowest BCUT2D eigenvalue weighted by Gasteiger charge is -2.36. The van der Waals surface area contributed by atoms with Crippen LogP contribution in [0, 0.1) is 5.41 Å². The van der Waals surface area contributed by atoms with E-state index in [1.807, 2.05) is 12.1 Å². The van der Waals surface area contributed by atoms with E-state index < -0.39 is 0 Å². The highest BCUT2D eigenvalue weighted by molar-refractivity contribution is 6.32. The Balaban J connectivity index is 2.18. The molecule has 112 valence electrons. The number of hydrogen-bond donors (Lipinski definition) is 1. The molecule has 1 unspecified atom stereocenters. The standard InChI is InChI=1S/C16H24ClNO2/c1-16(2)7-5-6-11(10-16)18-13-8-12(17)14(19-3)9-15(13)20-4/h8-9,11,18H,5-7,10H2,1-4H3. The Morgan fingerprint density at radius 2 is 1.90 bits per heavy atom. The van der Waals surface area contributed by atoms with Crippen LogP contribution in [0.1, 0.15) is 39.5 Å². The van der Waals surface area contributed by atoms with Gasteiger partial charge in [0.15, 0.2) is 0 Å². The van der Waals surface area contributed by atoms with E-state index in [9.17, 15) is 0 Å². The summed E-state index contributed by atoms with van der Waals surface area (Å²) in [5.74, 6) is 1.41. The second-order valence-corrected chi connectivity index (χ2v) is 6.70. The molecule has 2 rings (SSSR count). The molecule has 0 spiro atoms. The van der Waals surface area contributed by atoms with Gasteiger partial charge in [0.05, 0.1) is 24.9 Å². The zero-order valence-corrected chi connectivity index (χ0v) is 13.5. The first-order chi connectivity index (χ1) is 9.45. The Labute approximate surface area is 126 Å². The van der Waals surface area contributed by atoms with Gasteiger partial charge in [-0.3, -0.25) is 0 Å². The molecule has 0 amide bonds. The Kier molecular flexibility index (Phi) is 4.69. The minimum atomic E-state index is 0.402. The molecule has 0 aliphatic heterocycles. The smallest absolute Gasteiger partial charge is 0.145 e. The molecular weight excluding hydrogens is 274 g/mol. The molecule has 3 nitrogen and oxygen atoms in total. The first-order valence-electron chi connectivity index (χ1n) is 7.13. The van der Waals surface area contributed by atoms with Gasteiger partial charge in [-0.2, -0.15) is 0 Å². The van der Waals surface area contributed by atoms with E-state index in [0.29, 0.717) is 22.2 Å². The van der Waals surface area contributed by atoms with Crippen molar-refractivity contribution in [2.75, 3.05) is 19.5 Å². The van der Waals surface area contributed by atoms with Gasteiger partial charge in [0.2, 0.25) is 0 Å². The number of rotatable bonds is 4. The van der Waals surface area contributed by atoms with Crippen molar-refractivity contribution >= 4 is 17.3 Å². The average molecular weight is 298 g/mol. The lowest BCUT2D eigenvalue weighted by atomic mass is 9.75. The van der Waals surface area contributed by atoms with Crippen LogP contribution < -0.4 is 14.8 Å². The molecule has 1 atom stereocenters. The summed E-state index contributed by atoms with van der Waals surface area (Å²) in [5.41, 5.74) is 1.35. The van der Waals surface area contributed by atoms with Crippen molar-refractivity contribution in [3.63, 3.8) is 0 Å². The zero-order chi connectivity index (χ0) is 14.8. The van der Waals surface area contributed by atoms with Crippen molar-refractivity contribution in [1.29, 1.82) is 0 Å². The summed E-state index contributed by atoms with van der Waals surface area (Å²) in [4.78, 5) is 0. The minimum absolute atomic E-state index is 0.402. The van der Waals surface area contributed by atoms with Crippen LogP contribution in [0.5, 0.6) is 11.5 Å². The number of halogens is 1. The number of methoxy groups -OCH3 is 2. The quantitative estimate of drug-likeness (QED) is 0.871. The van der Waals surface area contributed by atoms with Crippen LogP contribution in [0.4, 0.5) is 5.69 Å². The van der Waals surface area contributed by atoms with E-state index in [1.54, 1.807) is 14.2 Å². The van der Waals surface area contributed by atoms with Crippen LogP contribution in [0.3, 0.4) is 0 Å². The highest BCUT2D eigenvalue weighted by Crippen LogP contribution is 2.40. The van der Waals surface area contributed by atoms with Crippen molar-refractivity contribution in [2.24, 2.45) is 5.41 Å². The van der Waals surface area contributed by atoms with Crippen LogP contribution in [0.2, 0.25) is 5.02 Å². The van der Waals surface area contributed by atoms with Crippen LogP contribution in [0.25, 0.3) is 0 Å². The van der Waals surface area contributed by atoms with Crippen molar-refractivity contribution in [3.05, 3.63) is 17.2 Å². The highest BCUT2D eigenvalue weighted by atomic mass is 35.5. The number of hydrogen-bond acceptors (Lipinski definition) is 3. The molecule has 1 aliphatic carbocycles. The van der Waals surface area contributed by atoms with E-state index >= 15 is 0 Å². The predicted molar refractivity (Wildman–Crippen MR) is 84.2 cm³/mol. The molecule has 0 radical (unpaired) electrons. The fraction of sp³-hybridized carbons (Fsp3) is 0.625. The van der Waals surface area contributed by atoms with Gasteiger partial charge in [-0.25, -0.2) is 0 Å². The molecule has 1 fully saturated rings. The van der Waals surface area contributed by atoms with Crippen LogP contribution in [0.15, 0.2) is 12.1 Å². The molecular formula is C16H24ClNO2. The van der Waals surface area contributed by atoms with Crippen molar-refractivity contribution in [1.82, 2.24) is 0 Å².